The Hall–Kier alpha value is -4.86. The number of anilines is 1. The van der Waals surface area contributed by atoms with Gasteiger partial charge >= 0.3 is 12.4 Å². The van der Waals surface area contributed by atoms with E-state index in [0.717, 1.165) is 31.7 Å². The number of hydrazine groups is 1. The predicted octanol–water partition coefficient (Wildman–Crippen LogP) is 9.04. The number of benzene rings is 2. The first-order valence-electron chi connectivity index (χ1n) is 16.9. The number of likely N-dealkylation sites (N-methyl/N-ethyl adjacent to an activating group) is 1. The number of hydrogen-bond acceptors (Lipinski definition) is 6. The third kappa shape index (κ3) is 9.77. The Morgan fingerprint density at radius 2 is 1.60 bits per heavy atom. The number of aromatic nitrogens is 2. The molecule has 3 aromatic rings. The molecule has 16 heteroatoms. The van der Waals surface area contributed by atoms with Crippen molar-refractivity contribution in [2.45, 2.75) is 88.5 Å². The fourth-order valence-electron chi connectivity index (χ4n) is 6.45. The van der Waals surface area contributed by atoms with Gasteiger partial charge in [0.05, 0.1) is 28.1 Å². The molecule has 1 fully saturated rings. The minimum atomic E-state index is -4.98. The molecule has 0 unspecified atom stereocenters. The molecule has 1 aliphatic carbocycles. The number of carbonyl (C=O) groups excluding carboxylic acids is 2. The van der Waals surface area contributed by atoms with Crippen molar-refractivity contribution >= 4 is 18.0 Å². The van der Waals surface area contributed by atoms with E-state index in [1.807, 2.05) is 0 Å². The second-order valence-corrected chi connectivity index (χ2v) is 12.8. The van der Waals surface area contributed by atoms with E-state index in [-0.39, 0.29) is 30.4 Å². The predicted molar refractivity (Wildman–Crippen MR) is 181 cm³/mol. The largest absolute Gasteiger partial charge is 0.510 e. The minimum absolute atomic E-state index is 0.105. The Kier molecular flexibility index (Phi) is 13.4. The van der Waals surface area contributed by atoms with E-state index in [4.69, 9.17) is 0 Å². The zero-order valence-electron chi connectivity index (χ0n) is 28.8. The van der Waals surface area contributed by atoms with Crippen LogP contribution in [0.3, 0.4) is 0 Å². The molecule has 1 saturated carbocycles. The van der Waals surface area contributed by atoms with Crippen molar-refractivity contribution < 1.29 is 49.8 Å². The number of nitrogens with one attached hydrogen (secondary N) is 2. The lowest BCUT2D eigenvalue weighted by Gasteiger charge is -2.38. The number of aliphatic hydroxyl groups excluding tert-OH is 1. The summed E-state index contributed by atoms with van der Waals surface area (Å²) in [5.74, 6) is -4.22. The normalized spacial score (nSPS) is 14.9. The van der Waals surface area contributed by atoms with Gasteiger partial charge in [0.2, 0.25) is 6.41 Å². The average Bonchev–Trinajstić information content (AvgIpc) is 3.62. The standard InChI is InChI=1S/C37H39F8N5O3/c1-3-4-5-6-7-8-11-23-12-13-24(32(39)31(23)38)18-27(33(52)35(16-9-10-17-35)50(2)48-22-51)34(53)49-28-15-14-25(36(40,41)42)19-26(28)29-20-30(37(43,44)45)47-21-46-29/h3,12-15,19-22,52H,1,4-11,16-18H2,2H3,(H,48,51)(H,49,53)/b33-27-. The van der Waals surface area contributed by atoms with Gasteiger partial charge in [0, 0.05) is 19.0 Å². The molecule has 0 radical (unpaired) electrons. The Labute approximate surface area is 301 Å². The Balaban J connectivity index is 1.79. The first-order chi connectivity index (χ1) is 25.0. The molecule has 53 heavy (non-hydrogen) atoms. The topological polar surface area (TPSA) is 107 Å². The number of amides is 2. The molecule has 1 aromatic heterocycles. The smallest absolute Gasteiger partial charge is 0.433 e. The number of aliphatic hydroxyl groups is 1. The SMILES string of the molecule is C=CCCCCCCc1ccc(C/C(C(=O)Nc2ccc(C(F)(F)F)cc2-c2cc(C(F)(F)F)ncn2)=C(/O)C2(N(C)NC=O)CCCC2)c(F)c1F. The van der Waals surface area contributed by atoms with Gasteiger partial charge in [-0.05, 0) is 73.9 Å². The van der Waals surface area contributed by atoms with Gasteiger partial charge < -0.3 is 10.4 Å². The summed E-state index contributed by atoms with van der Waals surface area (Å²) in [7, 11) is 1.43. The second-order valence-electron chi connectivity index (χ2n) is 12.8. The molecule has 0 bridgehead atoms. The minimum Gasteiger partial charge on any atom is -0.510 e. The molecular formula is C37H39F8N5O3. The van der Waals surface area contributed by atoms with Gasteiger partial charge in [-0.1, -0.05) is 43.9 Å². The maximum Gasteiger partial charge on any atom is 0.433 e. The van der Waals surface area contributed by atoms with Crippen LogP contribution >= 0.6 is 0 Å². The third-order valence-corrected chi connectivity index (χ3v) is 9.36. The average molecular weight is 754 g/mol. The van der Waals surface area contributed by atoms with Crippen LogP contribution < -0.4 is 10.7 Å². The molecule has 8 nitrogen and oxygen atoms in total. The van der Waals surface area contributed by atoms with Crippen LogP contribution in [-0.2, 0) is 34.8 Å². The molecule has 0 aliphatic heterocycles. The number of unbranched alkanes of at least 4 members (excludes halogenated alkanes) is 4. The number of nitrogens with zero attached hydrogens (tertiary/aromatic N) is 3. The zero-order valence-corrected chi connectivity index (χ0v) is 28.8. The van der Waals surface area contributed by atoms with Crippen LogP contribution in [-0.4, -0.2) is 45.0 Å². The van der Waals surface area contributed by atoms with Crippen molar-refractivity contribution in [1.82, 2.24) is 20.4 Å². The van der Waals surface area contributed by atoms with Crippen LogP contribution in [0.25, 0.3) is 11.3 Å². The van der Waals surface area contributed by atoms with Gasteiger partial charge in [0.25, 0.3) is 5.91 Å². The number of hydrogen-bond donors (Lipinski definition) is 3. The highest BCUT2D eigenvalue weighted by molar-refractivity contribution is 6.06. The number of aryl methyl sites for hydroxylation is 1. The molecule has 2 amide bonds. The lowest BCUT2D eigenvalue weighted by atomic mass is 9.88. The van der Waals surface area contributed by atoms with Crippen molar-refractivity contribution in [3.8, 4) is 11.3 Å². The summed E-state index contributed by atoms with van der Waals surface area (Å²) in [4.78, 5) is 32.4. The summed E-state index contributed by atoms with van der Waals surface area (Å²) >= 11 is 0. The molecular weight excluding hydrogens is 714 g/mol. The Bertz CT molecular complexity index is 1820. The molecule has 0 saturated heterocycles. The van der Waals surface area contributed by atoms with Gasteiger partial charge in [-0.3, -0.25) is 15.0 Å². The van der Waals surface area contributed by atoms with E-state index in [2.05, 4.69) is 27.3 Å². The van der Waals surface area contributed by atoms with Crippen molar-refractivity contribution in [1.29, 1.82) is 0 Å². The van der Waals surface area contributed by atoms with Crippen LogP contribution in [0, 0.1) is 11.6 Å². The highest BCUT2D eigenvalue weighted by atomic mass is 19.4. The molecule has 2 aromatic carbocycles. The molecule has 0 spiro atoms. The van der Waals surface area contributed by atoms with Gasteiger partial charge in [0.1, 0.15) is 17.8 Å². The maximum atomic E-state index is 15.7. The summed E-state index contributed by atoms with van der Waals surface area (Å²) in [6.07, 6.45) is -2.24. The van der Waals surface area contributed by atoms with Gasteiger partial charge in [0.15, 0.2) is 11.6 Å². The van der Waals surface area contributed by atoms with Crippen molar-refractivity contribution in [3.05, 3.63) is 101 Å². The highest BCUT2D eigenvalue weighted by Crippen LogP contribution is 2.42. The van der Waals surface area contributed by atoms with E-state index < -0.39 is 81.4 Å². The lowest BCUT2D eigenvalue weighted by Crippen LogP contribution is -2.53. The van der Waals surface area contributed by atoms with E-state index in [9.17, 15) is 41.0 Å². The molecule has 1 aliphatic rings. The molecule has 1 heterocycles. The monoisotopic (exact) mass is 753 g/mol. The Morgan fingerprint density at radius 1 is 0.943 bits per heavy atom. The third-order valence-electron chi connectivity index (χ3n) is 9.36. The van der Waals surface area contributed by atoms with Crippen LogP contribution in [0.15, 0.2) is 66.7 Å². The van der Waals surface area contributed by atoms with Gasteiger partial charge in [-0.2, -0.15) is 26.3 Å². The zero-order chi connectivity index (χ0) is 39.0. The van der Waals surface area contributed by atoms with E-state index in [1.165, 1.54) is 24.2 Å². The maximum absolute atomic E-state index is 15.7. The molecule has 3 N–H and O–H groups in total. The van der Waals surface area contributed by atoms with Crippen molar-refractivity contribution in [2.75, 3.05) is 12.4 Å². The summed E-state index contributed by atoms with van der Waals surface area (Å²) in [5.41, 5.74) is -4.07. The van der Waals surface area contributed by atoms with Crippen molar-refractivity contribution in [2.24, 2.45) is 0 Å². The lowest BCUT2D eigenvalue weighted by molar-refractivity contribution is -0.141. The number of alkyl halides is 6. The van der Waals surface area contributed by atoms with E-state index in [1.54, 1.807) is 6.08 Å². The fraction of sp³-hybridized carbons (Fsp3) is 0.405. The fourth-order valence-corrected chi connectivity index (χ4v) is 6.45. The van der Waals surface area contributed by atoms with E-state index in [0.29, 0.717) is 50.2 Å². The summed E-state index contributed by atoms with van der Waals surface area (Å²) in [5, 5.41) is 15.5. The quantitative estimate of drug-likeness (QED) is 0.0257. The van der Waals surface area contributed by atoms with E-state index >= 15 is 8.78 Å². The van der Waals surface area contributed by atoms with Crippen LogP contribution in [0.5, 0.6) is 0 Å². The number of carbonyl (C=O) groups is 2. The second kappa shape index (κ2) is 17.3. The van der Waals surface area contributed by atoms with Crippen LogP contribution in [0.2, 0.25) is 0 Å². The van der Waals surface area contributed by atoms with Gasteiger partial charge in [-0.15, -0.1) is 6.58 Å². The number of rotatable bonds is 16. The summed E-state index contributed by atoms with van der Waals surface area (Å²) < 4.78 is 113. The Morgan fingerprint density at radius 3 is 2.25 bits per heavy atom. The van der Waals surface area contributed by atoms with Crippen molar-refractivity contribution in [3.63, 3.8) is 0 Å². The molecule has 286 valence electrons. The summed E-state index contributed by atoms with van der Waals surface area (Å²) in [6.45, 7) is 3.67. The molecule has 4 rings (SSSR count). The van der Waals surface area contributed by atoms with Gasteiger partial charge in [-0.25, -0.2) is 23.8 Å². The van der Waals surface area contributed by atoms with Crippen LogP contribution in [0.4, 0.5) is 40.8 Å². The van der Waals surface area contributed by atoms with Crippen LogP contribution in [0.1, 0.15) is 80.2 Å². The summed E-state index contributed by atoms with van der Waals surface area (Å²) in [6, 6.07) is 4.93. The number of halogens is 8. The molecule has 0 atom stereocenters. The highest BCUT2D eigenvalue weighted by Gasteiger charge is 2.45. The first-order valence-corrected chi connectivity index (χ1v) is 16.9. The number of allylic oxidation sites excluding steroid dienone is 1. The first kappa shape index (κ1) is 40.9.